The summed E-state index contributed by atoms with van der Waals surface area (Å²) in [7, 11) is 1.92. The first-order valence-corrected chi connectivity index (χ1v) is 6.73. The molecule has 2 unspecified atom stereocenters. The van der Waals surface area contributed by atoms with Crippen LogP contribution in [0.15, 0.2) is 45.5 Å². The molecule has 0 spiro atoms. The molecule has 0 aliphatic carbocycles. The van der Waals surface area contributed by atoms with Crippen molar-refractivity contribution in [3.05, 3.63) is 52.4 Å². The fourth-order valence-electron chi connectivity index (χ4n) is 2.41. The summed E-state index contributed by atoms with van der Waals surface area (Å²) in [5.74, 6) is 1.86. The Bertz CT molecular complexity index is 527. The molecule has 1 N–H and O–H groups in total. The van der Waals surface area contributed by atoms with Crippen LogP contribution >= 0.6 is 15.9 Å². The van der Waals surface area contributed by atoms with Gasteiger partial charge in [-0.1, -0.05) is 18.2 Å². The van der Waals surface area contributed by atoms with E-state index < -0.39 is 0 Å². The van der Waals surface area contributed by atoms with Gasteiger partial charge in [-0.15, -0.1) is 0 Å². The molecule has 0 saturated carbocycles. The van der Waals surface area contributed by atoms with Gasteiger partial charge in [-0.2, -0.15) is 0 Å². The number of fused-ring (bicyclic) bond motifs is 1. The summed E-state index contributed by atoms with van der Waals surface area (Å²) in [6, 6.07) is 10.1. The van der Waals surface area contributed by atoms with Crippen LogP contribution in [0.25, 0.3) is 0 Å². The maximum atomic E-state index is 6.00. The number of para-hydroxylation sites is 1. The number of furan rings is 1. The van der Waals surface area contributed by atoms with Crippen molar-refractivity contribution in [3.63, 3.8) is 0 Å². The zero-order chi connectivity index (χ0) is 12.5. The average molecular weight is 308 g/mol. The zero-order valence-electron chi connectivity index (χ0n) is 10.0. The molecule has 0 amide bonds. The minimum absolute atomic E-state index is 0.0433. The first-order valence-electron chi connectivity index (χ1n) is 5.94. The van der Waals surface area contributed by atoms with Gasteiger partial charge in [-0.05, 0) is 40.7 Å². The van der Waals surface area contributed by atoms with Gasteiger partial charge >= 0.3 is 0 Å². The van der Waals surface area contributed by atoms with Gasteiger partial charge in [-0.3, -0.25) is 0 Å². The highest BCUT2D eigenvalue weighted by Crippen LogP contribution is 2.36. The van der Waals surface area contributed by atoms with Crippen LogP contribution in [0.3, 0.4) is 0 Å². The summed E-state index contributed by atoms with van der Waals surface area (Å²) in [6.45, 7) is 0. The van der Waals surface area contributed by atoms with Crippen LogP contribution < -0.4 is 10.1 Å². The molecule has 1 aliphatic rings. The average Bonchev–Trinajstić information content (AvgIpc) is 2.97. The Morgan fingerprint density at radius 2 is 2.17 bits per heavy atom. The number of ether oxygens (including phenoxy) is 1. The second-order valence-electron chi connectivity index (χ2n) is 4.37. The Morgan fingerprint density at radius 1 is 1.33 bits per heavy atom. The molecular weight excluding hydrogens is 294 g/mol. The van der Waals surface area contributed by atoms with Gasteiger partial charge < -0.3 is 14.5 Å². The summed E-state index contributed by atoms with van der Waals surface area (Å²) in [5.41, 5.74) is 1.26. The van der Waals surface area contributed by atoms with Gasteiger partial charge in [0.25, 0.3) is 0 Å². The Balaban J connectivity index is 1.86. The van der Waals surface area contributed by atoms with E-state index in [9.17, 15) is 0 Å². The van der Waals surface area contributed by atoms with Gasteiger partial charge in [0, 0.05) is 6.42 Å². The number of hydrogen-bond donors (Lipinski definition) is 1. The molecule has 0 bridgehead atoms. The van der Waals surface area contributed by atoms with Crippen LogP contribution in [0, 0.1) is 0 Å². The minimum atomic E-state index is 0.0433. The molecule has 0 saturated heterocycles. The lowest BCUT2D eigenvalue weighted by molar-refractivity contribution is 0.169. The lowest BCUT2D eigenvalue weighted by atomic mass is 10.0. The zero-order valence-corrected chi connectivity index (χ0v) is 11.6. The standard InChI is InChI=1S/C14H14BrNO2/c1-16-13(14-10(15)6-7-17-14)12-8-9-4-2-3-5-11(9)18-12/h2-7,12-13,16H,8H2,1H3. The van der Waals surface area contributed by atoms with Crippen molar-refractivity contribution in [3.8, 4) is 5.75 Å². The summed E-state index contributed by atoms with van der Waals surface area (Å²) in [6.07, 6.45) is 2.65. The van der Waals surface area contributed by atoms with Gasteiger partial charge in [0.1, 0.15) is 23.7 Å². The molecule has 2 atom stereocenters. The number of likely N-dealkylation sites (N-methyl/N-ethyl adjacent to an activating group) is 1. The van der Waals surface area contributed by atoms with Crippen LogP contribution in [-0.2, 0) is 6.42 Å². The van der Waals surface area contributed by atoms with Crippen LogP contribution in [0.4, 0.5) is 0 Å². The van der Waals surface area contributed by atoms with E-state index in [0.29, 0.717) is 0 Å². The van der Waals surface area contributed by atoms with E-state index in [-0.39, 0.29) is 12.1 Å². The van der Waals surface area contributed by atoms with Crippen LogP contribution in [0.1, 0.15) is 17.4 Å². The normalized spacial score (nSPS) is 19.3. The lowest BCUT2D eigenvalue weighted by Crippen LogP contribution is -2.32. The van der Waals surface area contributed by atoms with E-state index in [4.69, 9.17) is 9.15 Å². The highest BCUT2D eigenvalue weighted by Gasteiger charge is 2.33. The van der Waals surface area contributed by atoms with E-state index in [1.54, 1.807) is 6.26 Å². The second-order valence-corrected chi connectivity index (χ2v) is 5.22. The van der Waals surface area contributed by atoms with Crippen LogP contribution in [0.2, 0.25) is 0 Å². The number of hydrogen-bond acceptors (Lipinski definition) is 3. The first-order chi connectivity index (χ1) is 8.79. The highest BCUT2D eigenvalue weighted by molar-refractivity contribution is 9.10. The third-order valence-corrected chi connectivity index (χ3v) is 3.94. The third kappa shape index (κ3) is 1.95. The predicted molar refractivity (Wildman–Crippen MR) is 72.8 cm³/mol. The molecule has 4 heteroatoms. The monoisotopic (exact) mass is 307 g/mol. The largest absolute Gasteiger partial charge is 0.488 e. The topological polar surface area (TPSA) is 34.4 Å². The highest BCUT2D eigenvalue weighted by atomic mass is 79.9. The number of benzene rings is 1. The molecule has 1 aromatic heterocycles. The van der Waals surface area contributed by atoms with Crippen LogP contribution in [0.5, 0.6) is 5.75 Å². The summed E-state index contributed by atoms with van der Waals surface area (Å²) < 4.78 is 12.5. The van der Waals surface area contributed by atoms with E-state index in [1.165, 1.54) is 5.56 Å². The van der Waals surface area contributed by atoms with Crippen molar-refractivity contribution in [2.75, 3.05) is 7.05 Å². The number of halogens is 1. The van der Waals surface area contributed by atoms with Gasteiger partial charge in [0.05, 0.1) is 10.7 Å². The number of nitrogens with one attached hydrogen (secondary N) is 1. The van der Waals surface area contributed by atoms with Crippen LogP contribution in [-0.4, -0.2) is 13.2 Å². The molecule has 2 aromatic rings. The lowest BCUT2D eigenvalue weighted by Gasteiger charge is -2.21. The van der Waals surface area contributed by atoms with Crippen molar-refractivity contribution in [2.45, 2.75) is 18.6 Å². The molecule has 1 aromatic carbocycles. The Hall–Kier alpha value is -1.26. The summed E-state index contributed by atoms with van der Waals surface area (Å²) in [4.78, 5) is 0. The SMILES string of the molecule is CNC(c1occc1Br)C1Cc2ccccc2O1. The first kappa shape index (κ1) is 11.8. The molecular formula is C14H14BrNO2. The summed E-state index contributed by atoms with van der Waals surface area (Å²) in [5, 5.41) is 3.27. The fourth-order valence-corrected chi connectivity index (χ4v) is 2.86. The van der Waals surface area contributed by atoms with Crippen molar-refractivity contribution in [1.29, 1.82) is 0 Å². The van der Waals surface area contributed by atoms with Crippen molar-refractivity contribution >= 4 is 15.9 Å². The van der Waals surface area contributed by atoms with E-state index in [0.717, 1.165) is 22.4 Å². The van der Waals surface area contributed by atoms with Gasteiger partial charge in [-0.25, -0.2) is 0 Å². The third-order valence-electron chi connectivity index (χ3n) is 3.28. The van der Waals surface area contributed by atoms with Crippen molar-refractivity contribution in [2.24, 2.45) is 0 Å². The van der Waals surface area contributed by atoms with Gasteiger partial charge in [0.2, 0.25) is 0 Å². The maximum absolute atomic E-state index is 6.00. The Kier molecular flexibility index (Phi) is 3.14. The quantitative estimate of drug-likeness (QED) is 0.944. The van der Waals surface area contributed by atoms with Gasteiger partial charge in [0.15, 0.2) is 0 Å². The second kappa shape index (κ2) is 4.78. The molecule has 94 valence electrons. The van der Waals surface area contributed by atoms with E-state index in [1.807, 2.05) is 31.3 Å². The van der Waals surface area contributed by atoms with E-state index >= 15 is 0 Å². The minimum Gasteiger partial charge on any atom is -0.488 e. The Labute approximate surface area is 114 Å². The fraction of sp³-hybridized carbons (Fsp3) is 0.286. The number of rotatable bonds is 3. The van der Waals surface area contributed by atoms with E-state index in [2.05, 4.69) is 27.3 Å². The Morgan fingerprint density at radius 3 is 2.83 bits per heavy atom. The molecule has 18 heavy (non-hydrogen) atoms. The molecule has 3 nitrogen and oxygen atoms in total. The molecule has 0 radical (unpaired) electrons. The summed E-state index contributed by atoms with van der Waals surface area (Å²) >= 11 is 3.50. The molecule has 3 rings (SSSR count). The smallest absolute Gasteiger partial charge is 0.138 e. The molecule has 1 aliphatic heterocycles. The molecule has 0 fully saturated rings. The van der Waals surface area contributed by atoms with Crippen molar-refractivity contribution < 1.29 is 9.15 Å². The predicted octanol–water partition coefficient (Wildman–Crippen LogP) is 3.31. The molecule has 2 heterocycles. The van der Waals surface area contributed by atoms with Crippen molar-refractivity contribution in [1.82, 2.24) is 5.32 Å². The maximum Gasteiger partial charge on any atom is 0.138 e.